The topological polar surface area (TPSA) is 41.9 Å². The molecule has 0 bridgehead atoms. The Morgan fingerprint density at radius 3 is 1.64 bits per heavy atom. The lowest BCUT2D eigenvalue weighted by atomic mass is 9.90. The lowest BCUT2D eigenvalue weighted by Gasteiger charge is -2.28. The third kappa shape index (κ3) is 5.19. The van der Waals surface area contributed by atoms with E-state index in [0.29, 0.717) is 0 Å². The molecule has 4 nitrogen and oxygen atoms in total. The summed E-state index contributed by atoms with van der Waals surface area (Å²) in [5, 5.41) is 9.43. The zero-order chi connectivity index (χ0) is 36.3. The second kappa shape index (κ2) is 12.6. The Morgan fingerprint density at radius 2 is 0.909 bits per heavy atom. The van der Waals surface area contributed by atoms with Gasteiger partial charge in [-0.05, 0) is 92.7 Å². The Morgan fingerprint density at radius 1 is 0.364 bits per heavy atom. The molecule has 3 heterocycles. The highest BCUT2D eigenvalue weighted by molar-refractivity contribution is 6.28. The molecule has 4 heteroatoms. The predicted molar refractivity (Wildman–Crippen MR) is 230 cm³/mol. The molecule has 0 saturated carbocycles. The molecular formula is C51H32N4. The van der Waals surface area contributed by atoms with Crippen molar-refractivity contribution in [1.82, 2.24) is 15.0 Å². The van der Waals surface area contributed by atoms with E-state index < -0.39 is 0 Å². The number of benzene rings is 8. The lowest BCUT2D eigenvalue weighted by Crippen LogP contribution is -2.10. The molecule has 0 aliphatic carbocycles. The Labute approximate surface area is 318 Å². The van der Waals surface area contributed by atoms with Crippen LogP contribution < -0.4 is 4.90 Å². The molecule has 11 aromatic rings. The second-order valence-corrected chi connectivity index (χ2v) is 14.0. The maximum absolute atomic E-state index is 5.36. The van der Waals surface area contributed by atoms with Crippen LogP contribution in [0.25, 0.3) is 87.8 Å². The summed E-state index contributed by atoms with van der Waals surface area (Å²) >= 11 is 0. The fourth-order valence-electron chi connectivity index (χ4n) is 8.23. The first-order valence-electron chi connectivity index (χ1n) is 18.6. The molecule has 0 unspecified atom stereocenters. The van der Waals surface area contributed by atoms with Gasteiger partial charge in [-0.25, -0.2) is 9.97 Å². The van der Waals surface area contributed by atoms with E-state index in [1.807, 2.05) is 18.3 Å². The fraction of sp³-hybridized carbons (Fsp3) is 0. The molecule has 0 aliphatic heterocycles. The van der Waals surface area contributed by atoms with E-state index in [2.05, 4.69) is 180 Å². The van der Waals surface area contributed by atoms with E-state index in [0.717, 1.165) is 61.4 Å². The number of para-hydroxylation sites is 1. The van der Waals surface area contributed by atoms with Crippen molar-refractivity contribution in [3.05, 3.63) is 194 Å². The van der Waals surface area contributed by atoms with Gasteiger partial charge in [0.2, 0.25) is 0 Å². The van der Waals surface area contributed by atoms with E-state index in [1.54, 1.807) is 6.20 Å². The molecule has 0 saturated heterocycles. The highest BCUT2D eigenvalue weighted by atomic mass is 15.1. The van der Waals surface area contributed by atoms with Gasteiger partial charge in [0.1, 0.15) is 0 Å². The monoisotopic (exact) mass is 700 g/mol. The van der Waals surface area contributed by atoms with Gasteiger partial charge in [-0.1, -0.05) is 127 Å². The van der Waals surface area contributed by atoms with Gasteiger partial charge >= 0.3 is 0 Å². The summed E-state index contributed by atoms with van der Waals surface area (Å²) in [4.78, 5) is 17.2. The number of hydrogen-bond donors (Lipinski definition) is 0. The van der Waals surface area contributed by atoms with Crippen LogP contribution in [0.15, 0.2) is 194 Å². The maximum Gasteiger partial charge on any atom is 0.0972 e. The van der Waals surface area contributed by atoms with Gasteiger partial charge in [-0.15, -0.1) is 0 Å². The van der Waals surface area contributed by atoms with Crippen molar-refractivity contribution >= 4 is 71.2 Å². The Hall–Kier alpha value is -7.43. The first-order valence-corrected chi connectivity index (χ1v) is 18.6. The quantitative estimate of drug-likeness (QED) is 0.162. The molecule has 0 fully saturated rings. The van der Waals surface area contributed by atoms with Gasteiger partial charge in [-0.3, -0.25) is 4.98 Å². The second-order valence-electron chi connectivity index (χ2n) is 14.0. The molecule has 0 amide bonds. The average Bonchev–Trinajstić information content (AvgIpc) is 3.27. The minimum atomic E-state index is 0.885. The number of anilines is 3. The number of aromatic nitrogens is 3. The van der Waals surface area contributed by atoms with Gasteiger partial charge in [0.25, 0.3) is 0 Å². The van der Waals surface area contributed by atoms with E-state index in [4.69, 9.17) is 9.97 Å². The number of nitrogens with zero attached hydrogens (tertiary/aromatic N) is 4. The van der Waals surface area contributed by atoms with Crippen LogP contribution in [0.2, 0.25) is 0 Å². The van der Waals surface area contributed by atoms with Crippen molar-refractivity contribution in [1.29, 1.82) is 0 Å². The van der Waals surface area contributed by atoms with Gasteiger partial charge in [0, 0.05) is 51.1 Å². The molecule has 0 aliphatic rings. The van der Waals surface area contributed by atoms with Crippen LogP contribution in [-0.2, 0) is 0 Å². The Kier molecular flexibility index (Phi) is 7.14. The molecule has 0 spiro atoms. The van der Waals surface area contributed by atoms with Gasteiger partial charge in [0.05, 0.1) is 28.1 Å². The summed E-state index contributed by atoms with van der Waals surface area (Å²) in [6.45, 7) is 0. The largest absolute Gasteiger partial charge is 0.310 e. The molecule has 256 valence electrons. The van der Waals surface area contributed by atoms with Crippen molar-refractivity contribution < 1.29 is 0 Å². The highest BCUT2D eigenvalue weighted by Crippen LogP contribution is 2.45. The average molecular weight is 701 g/mol. The zero-order valence-corrected chi connectivity index (χ0v) is 29.8. The van der Waals surface area contributed by atoms with Crippen molar-refractivity contribution in [3.63, 3.8) is 0 Å². The van der Waals surface area contributed by atoms with E-state index in [1.165, 1.54) is 43.4 Å². The molecular weight excluding hydrogens is 669 g/mol. The van der Waals surface area contributed by atoms with Crippen LogP contribution in [0.3, 0.4) is 0 Å². The fourth-order valence-corrected chi connectivity index (χ4v) is 8.23. The lowest BCUT2D eigenvalue weighted by molar-refractivity contribution is 1.30. The van der Waals surface area contributed by atoms with E-state index >= 15 is 0 Å². The summed E-state index contributed by atoms with van der Waals surface area (Å²) in [5.41, 5.74) is 11.4. The molecule has 11 rings (SSSR count). The summed E-state index contributed by atoms with van der Waals surface area (Å²) in [5.74, 6) is 0. The minimum absolute atomic E-state index is 0.885. The highest BCUT2D eigenvalue weighted by Gasteiger charge is 2.20. The van der Waals surface area contributed by atoms with Crippen molar-refractivity contribution in [2.24, 2.45) is 0 Å². The number of hydrogen-bond acceptors (Lipinski definition) is 4. The molecule has 8 aromatic carbocycles. The number of fused-ring (bicyclic) bond motifs is 3. The summed E-state index contributed by atoms with van der Waals surface area (Å²) in [6.07, 6.45) is 3.64. The molecule has 55 heavy (non-hydrogen) atoms. The van der Waals surface area contributed by atoms with Crippen LogP contribution in [0.4, 0.5) is 17.1 Å². The molecule has 0 N–H and O–H groups in total. The standard InChI is InChI=1S/C51H32N4/c1-3-8-33(9-4-1)34-15-23-41(24-16-34)55(40-11-5-2-6-12-40)47-30-22-36-18-26-43-42(25-17-35-19-27-44(47)49(36)48(35)43)46-29-21-38-14-13-37-20-28-45(39-10-7-31-52-32-39)53-50(37)51(38)54-46/h1-32H. The van der Waals surface area contributed by atoms with Crippen LogP contribution in [0.5, 0.6) is 0 Å². The first-order chi connectivity index (χ1) is 27.3. The zero-order valence-electron chi connectivity index (χ0n) is 29.8. The Bertz CT molecular complexity index is 3180. The maximum atomic E-state index is 5.36. The minimum Gasteiger partial charge on any atom is -0.310 e. The van der Waals surface area contributed by atoms with Crippen LogP contribution in [0.1, 0.15) is 0 Å². The Balaban J connectivity index is 1.09. The normalized spacial score (nSPS) is 11.6. The first kappa shape index (κ1) is 31.1. The van der Waals surface area contributed by atoms with Crippen LogP contribution in [-0.4, -0.2) is 15.0 Å². The van der Waals surface area contributed by atoms with Gasteiger partial charge < -0.3 is 4.90 Å². The van der Waals surface area contributed by atoms with Crippen molar-refractivity contribution in [2.75, 3.05) is 4.90 Å². The van der Waals surface area contributed by atoms with Gasteiger partial charge in [0.15, 0.2) is 0 Å². The van der Waals surface area contributed by atoms with Crippen LogP contribution >= 0.6 is 0 Å². The SMILES string of the molecule is c1ccc(-c2ccc(N(c3ccccc3)c3ccc4ccc5c(-c6ccc7ccc8ccc(-c9cccnc9)nc8c7n6)ccc6ccc3c4c65)cc2)cc1. The number of rotatable bonds is 6. The number of pyridine rings is 3. The predicted octanol–water partition coefficient (Wildman–Crippen LogP) is 13.5. The van der Waals surface area contributed by atoms with Gasteiger partial charge in [-0.2, -0.15) is 0 Å². The van der Waals surface area contributed by atoms with Crippen molar-refractivity contribution in [3.8, 4) is 33.6 Å². The van der Waals surface area contributed by atoms with E-state index in [9.17, 15) is 0 Å². The van der Waals surface area contributed by atoms with Crippen molar-refractivity contribution in [2.45, 2.75) is 0 Å². The molecule has 0 atom stereocenters. The summed E-state index contributed by atoms with van der Waals surface area (Å²) < 4.78 is 0. The van der Waals surface area contributed by atoms with Crippen LogP contribution in [0, 0.1) is 0 Å². The molecule has 0 radical (unpaired) electrons. The van der Waals surface area contributed by atoms with E-state index in [-0.39, 0.29) is 0 Å². The summed E-state index contributed by atoms with van der Waals surface area (Å²) in [6, 6.07) is 65.0. The smallest absolute Gasteiger partial charge is 0.0972 e. The summed E-state index contributed by atoms with van der Waals surface area (Å²) in [7, 11) is 0. The third-order valence-corrected chi connectivity index (χ3v) is 10.9. The third-order valence-electron chi connectivity index (χ3n) is 10.9. The molecule has 3 aromatic heterocycles.